The predicted octanol–water partition coefficient (Wildman–Crippen LogP) is 3.86. The molecule has 0 unspecified atom stereocenters. The van der Waals surface area contributed by atoms with Crippen LogP contribution in [0.3, 0.4) is 0 Å². The highest BCUT2D eigenvalue weighted by Gasteiger charge is 2.09. The summed E-state index contributed by atoms with van der Waals surface area (Å²) >= 11 is 16.9. The highest BCUT2D eigenvalue weighted by atomic mass is 35.5. The summed E-state index contributed by atoms with van der Waals surface area (Å²) in [6.07, 6.45) is 0. The smallest absolute Gasteiger partial charge is 0.269 e. The van der Waals surface area contributed by atoms with Gasteiger partial charge in [-0.15, -0.1) is 0 Å². The molecule has 0 aromatic heterocycles. The molecule has 4 nitrogen and oxygen atoms in total. The zero-order chi connectivity index (χ0) is 16.8. The van der Waals surface area contributed by atoms with Crippen molar-refractivity contribution in [2.45, 2.75) is 13.0 Å². The summed E-state index contributed by atoms with van der Waals surface area (Å²) in [6.45, 7) is 1.95. The van der Waals surface area contributed by atoms with Crippen molar-refractivity contribution in [2.75, 3.05) is 0 Å². The maximum atomic E-state index is 12.0. The number of thiocarbonyl (C=S) groups is 1. The lowest BCUT2D eigenvalue weighted by atomic mass is 10.1. The number of halogens is 2. The van der Waals surface area contributed by atoms with Gasteiger partial charge in [0.15, 0.2) is 5.11 Å². The Morgan fingerprint density at radius 1 is 1.04 bits per heavy atom. The number of nitrogens with one attached hydrogen (secondary N) is 3. The molecule has 3 N–H and O–H groups in total. The Morgan fingerprint density at radius 2 is 1.74 bits per heavy atom. The van der Waals surface area contributed by atoms with E-state index in [4.69, 9.17) is 35.4 Å². The second-order valence-electron chi connectivity index (χ2n) is 4.84. The Balaban J connectivity index is 1.85. The van der Waals surface area contributed by atoms with Crippen LogP contribution in [0.15, 0.2) is 48.5 Å². The molecular weight excluding hydrogens is 353 g/mol. The molecule has 120 valence electrons. The van der Waals surface area contributed by atoms with Crippen LogP contribution in [0.4, 0.5) is 0 Å². The Hall–Kier alpha value is -1.82. The SMILES string of the molecule is C[C@@H](NC(=S)NNC(=O)c1cccc(Cl)c1)c1ccc(Cl)cc1. The quantitative estimate of drug-likeness (QED) is 0.569. The third-order valence-corrected chi connectivity index (χ3v) is 3.80. The van der Waals surface area contributed by atoms with Crippen LogP contribution in [0.2, 0.25) is 10.0 Å². The van der Waals surface area contributed by atoms with Crippen molar-refractivity contribution in [3.63, 3.8) is 0 Å². The summed E-state index contributed by atoms with van der Waals surface area (Å²) in [5, 5.41) is 4.55. The minimum Gasteiger partial charge on any atom is -0.355 e. The number of hydrogen-bond acceptors (Lipinski definition) is 2. The van der Waals surface area contributed by atoms with Crippen molar-refractivity contribution in [3.8, 4) is 0 Å². The molecule has 7 heteroatoms. The van der Waals surface area contributed by atoms with E-state index in [-0.39, 0.29) is 11.9 Å². The molecule has 2 aromatic rings. The second-order valence-corrected chi connectivity index (χ2v) is 6.12. The van der Waals surface area contributed by atoms with Gasteiger partial charge in [-0.05, 0) is 55.0 Å². The Morgan fingerprint density at radius 3 is 2.39 bits per heavy atom. The predicted molar refractivity (Wildman–Crippen MR) is 97.7 cm³/mol. The van der Waals surface area contributed by atoms with Crippen LogP contribution in [-0.4, -0.2) is 11.0 Å². The van der Waals surface area contributed by atoms with Gasteiger partial charge in [0, 0.05) is 15.6 Å². The first kappa shape index (κ1) is 17.5. The number of hydrazine groups is 1. The Kier molecular flexibility index (Phi) is 6.21. The molecule has 23 heavy (non-hydrogen) atoms. The van der Waals surface area contributed by atoms with Crippen molar-refractivity contribution in [1.82, 2.24) is 16.2 Å². The van der Waals surface area contributed by atoms with Gasteiger partial charge in [0.05, 0.1) is 6.04 Å². The van der Waals surface area contributed by atoms with Crippen molar-refractivity contribution in [1.29, 1.82) is 0 Å². The molecule has 2 aromatic carbocycles. The molecule has 0 fully saturated rings. The fraction of sp³-hybridized carbons (Fsp3) is 0.125. The molecule has 1 amide bonds. The van der Waals surface area contributed by atoms with Gasteiger partial charge in [-0.25, -0.2) is 0 Å². The van der Waals surface area contributed by atoms with Gasteiger partial charge < -0.3 is 5.32 Å². The molecular formula is C16H15Cl2N3OS. The van der Waals surface area contributed by atoms with E-state index < -0.39 is 0 Å². The van der Waals surface area contributed by atoms with Crippen LogP contribution in [0.5, 0.6) is 0 Å². The largest absolute Gasteiger partial charge is 0.355 e. The van der Waals surface area contributed by atoms with Crippen LogP contribution in [0.1, 0.15) is 28.9 Å². The molecule has 2 rings (SSSR count). The van der Waals surface area contributed by atoms with Gasteiger partial charge in [-0.2, -0.15) is 0 Å². The topological polar surface area (TPSA) is 53.2 Å². The van der Waals surface area contributed by atoms with Crippen molar-refractivity contribution in [3.05, 3.63) is 69.7 Å². The molecule has 1 atom stereocenters. The first-order valence-electron chi connectivity index (χ1n) is 6.83. The molecule has 0 aliphatic heterocycles. The maximum absolute atomic E-state index is 12.0. The Labute approximate surface area is 150 Å². The Bertz CT molecular complexity index is 707. The summed E-state index contributed by atoms with van der Waals surface area (Å²) in [7, 11) is 0. The minimum atomic E-state index is -0.323. The lowest BCUT2D eigenvalue weighted by Gasteiger charge is -2.17. The summed E-state index contributed by atoms with van der Waals surface area (Å²) in [5.41, 5.74) is 6.65. The van der Waals surface area contributed by atoms with E-state index >= 15 is 0 Å². The van der Waals surface area contributed by atoms with Gasteiger partial charge in [-0.3, -0.25) is 15.6 Å². The van der Waals surface area contributed by atoms with E-state index in [9.17, 15) is 4.79 Å². The number of carbonyl (C=O) groups excluding carboxylic acids is 1. The van der Waals surface area contributed by atoms with Crippen LogP contribution in [-0.2, 0) is 0 Å². The highest BCUT2D eigenvalue weighted by Crippen LogP contribution is 2.15. The molecule has 0 aliphatic rings. The average Bonchev–Trinajstić information content (AvgIpc) is 2.53. The van der Waals surface area contributed by atoms with E-state index in [1.54, 1.807) is 24.3 Å². The summed E-state index contributed by atoms with van der Waals surface area (Å²) < 4.78 is 0. The molecule has 0 radical (unpaired) electrons. The molecule has 0 bridgehead atoms. The van der Waals surface area contributed by atoms with Gasteiger partial charge in [0.25, 0.3) is 5.91 Å². The molecule has 0 spiro atoms. The van der Waals surface area contributed by atoms with E-state index in [1.807, 2.05) is 31.2 Å². The van der Waals surface area contributed by atoms with Crippen LogP contribution >= 0.6 is 35.4 Å². The van der Waals surface area contributed by atoms with Crippen molar-refractivity contribution >= 4 is 46.4 Å². The third-order valence-electron chi connectivity index (χ3n) is 3.09. The van der Waals surface area contributed by atoms with E-state index in [2.05, 4.69) is 16.2 Å². The fourth-order valence-corrected chi connectivity index (χ4v) is 2.43. The van der Waals surface area contributed by atoms with Crippen LogP contribution in [0.25, 0.3) is 0 Å². The third kappa shape index (κ3) is 5.39. The summed E-state index contributed by atoms with van der Waals surface area (Å²) in [4.78, 5) is 12.0. The first-order chi connectivity index (χ1) is 11.0. The lowest BCUT2D eigenvalue weighted by Crippen LogP contribution is -2.47. The molecule has 0 aliphatic carbocycles. The van der Waals surface area contributed by atoms with E-state index in [1.165, 1.54) is 0 Å². The lowest BCUT2D eigenvalue weighted by molar-refractivity contribution is 0.0943. The van der Waals surface area contributed by atoms with Crippen molar-refractivity contribution in [2.24, 2.45) is 0 Å². The first-order valence-corrected chi connectivity index (χ1v) is 8.00. The fourth-order valence-electron chi connectivity index (χ4n) is 1.88. The normalized spacial score (nSPS) is 11.4. The number of amides is 1. The van der Waals surface area contributed by atoms with Crippen LogP contribution in [0, 0.1) is 0 Å². The maximum Gasteiger partial charge on any atom is 0.269 e. The summed E-state index contributed by atoms with van der Waals surface area (Å²) in [5.74, 6) is -0.323. The molecule has 0 heterocycles. The minimum absolute atomic E-state index is 0.0321. The van der Waals surface area contributed by atoms with Crippen molar-refractivity contribution < 1.29 is 4.79 Å². The highest BCUT2D eigenvalue weighted by molar-refractivity contribution is 7.80. The van der Waals surface area contributed by atoms with Gasteiger partial charge in [0.1, 0.15) is 0 Å². The zero-order valence-electron chi connectivity index (χ0n) is 12.3. The van der Waals surface area contributed by atoms with Gasteiger partial charge in [-0.1, -0.05) is 41.4 Å². The monoisotopic (exact) mass is 367 g/mol. The molecule has 0 saturated carbocycles. The molecule has 0 saturated heterocycles. The zero-order valence-corrected chi connectivity index (χ0v) is 14.6. The average molecular weight is 368 g/mol. The van der Waals surface area contributed by atoms with Gasteiger partial charge >= 0.3 is 0 Å². The number of carbonyl (C=O) groups is 1. The van der Waals surface area contributed by atoms with Gasteiger partial charge in [0.2, 0.25) is 0 Å². The standard InChI is InChI=1S/C16H15Cl2N3OS/c1-10(11-5-7-13(17)8-6-11)19-16(23)21-20-15(22)12-3-2-4-14(18)9-12/h2-10H,1H3,(H,20,22)(H2,19,21,23)/t10-/m1/s1. The van der Waals surface area contributed by atoms with E-state index in [0.717, 1.165) is 5.56 Å². The number of rotatable bonds is 3. The number of benzene rings is 2. The van der Waals surface area contributed by atoms with Crippen LogP contribution < -0.4 is 16.2 Å². The second kappa shape index (κ2) is 8.15. The number of hydrogen-bond donors (Lipinski definition) is 3. The summed E-state index contributed by atoms with van der Waals surface area (Å²) in [6, 6.07) is 14.1. The van der Waals surface area contributed by atoms with E-state index in [0.29, 0.717) is 20.7 Å².